The molecule has 1 heterocycles. The van der Waals surface area contributed by atoms with E-state index in [9.17, 15) is 4.11 Å². The molecule has 0 saturated carbocycles. The number of hydrogen-bond donors (Lipinski definition) is 0. The van der Waals surface area contributed by atoms with Crippen molar-refractivity contribution in [3.8, 4) is 33.4 Å². The van der Waals surface area contributed by atoms with E-state index in [0.29, 0.717) is 11.1 Å². The van der Waals surface area contributed by atoms with E-state index in [0.717, 1.165) is 65.4 Å². The van der Waals surface area contributed by atoms with Crippen molar-refractivity contribution in [1.29, 1.82) is 0 Å². The predicted molar refractivity (Wildman–Crippen MR) is 200 cm³/mol. The van der Waals surface area contributed by atoms with Gasteiger partial charge < -0.3 is 4.42 Å². The van der Waals surface area contributed by atoms with Crippen molar-refractivity contribution in [3.63, 3.8) is 0 Å². The molecule has 1 aromatic heterocycles. The fraction of sp³-hybridized carbons (Fsp3) is 0. The van der Waals surface area contributed by atoms with Crippen LogP contribution in [-0.2, 0) is 0 Å². The van der Waals surface area contributed by atoms with E-state index in [-0.39, 0.29) is 58.2 Å². The van der Waals surface area contributed by atoms with E-state index in [1.54, 1.807) is 24.3 Å². The van der Waals surface area contributed by atoms with Gasteiger partial charge in [-0.2, -0.15) is 0 Å². The third-order valence-electron chi connectivity index (χ3n) is 9.25. The first-order valence-electron chi connectivity index (χ1n) is 18.7. The zero-order valence-electron chi connectivity index (χ0n) is 31.1. The minimum atomic E-state index is -0.235. The first kappa shape index (κ1) is 20.8. The third-order valence-corrected chi connectivity index (χ3v) is 9.25. The summed E-state index contributed by atoms with van der Waals surface area (Å²) < 4.78 is 62.2. The summed E-state index contributed by atoms with van der Waals surface area (Å²) in [5.74, 6) is 0. The van der Waals surface area contributed by atoms with Gasteiger partial charge in [0.15, 0.2) is 0 Å². The Bertz CT molecular complexity index is 3130. The Hall–Kier alpha value is -6.18. The van der Waals surface area contributed by atoms with E-state index >= 15 is 0 Å². The second-order valence-corrected chi connectivity index (χ2v) is 11.9. The summed E-state index contributed by atoms with van der Waals surface area (Å²) in [5.41, 5.74) is 5.18. The van der Waals surface area contributed by atoms with E-state index in [1.165, 1.54) is 0 Å². The first-order valence-corrected chi connectivity index (χ1v) is 15.7. The molecule has 0 N–H and O–H groups in total. The molecule has 47 heavy (non-hydrogen) atoms. The smallest absolute Gasteiger partial charge is 0.136 e. The molecule has 10 aromatic rings. The fourth-order valence-corrected chi connectivity index (χ4v) is 7.16. The summed E-state index contributed by atoms with van der Waals surface area (Å²) in [7, 11) is 0. The van der Waals surface area contributed by atoms with Crippen LogP contribution < -0.4 is 0 Å². The Morgan fingerprint density at radius 1 is 0.383 bits per heavy atom. The van der Waals surface area contributed by atoms with Gasteiger partial charge in [-0.1, -0.05) is 139 Å². The monoisotopic (exact) mass is 602 g/mol. The molecule has 0 fully saturated rings. The maximum atomic E-state index is 9.63. The minimum Gasteiger partial charge on any atom is -0.456 e. The highest BCUT2D eigenvalue weighted by Crippen LogP contribution is 2.47. The highest BCUT2D eigenvalue weighted by atomic mass is 16.3. The molecule has 0 bridgehead atoms. The van der Waals surface area contributed by atoms with E-state index < -0.39 is 0 Å². The maximum absolute atomic E-state index is 9.63. The van der Waals surface area contributed by atoms with Crippen LogP contribution in [0.5, 0.6) is 0 Å². The molecule has 10 rings (SSSR count). The van der Waals surface area contributed by atoms with Crippen molar-refractivity contribution in [3.05, 3.63) is 170 Å². The number of rotatable bonds is 3. The molecule has 0 unspecified atom stereocenters. The lowest BCUT2D eigenvalue weighted by Crippen LogP contribution is -1.91. The molecule has 0 amide bonds. The second-order valence-electron chi connectivity index (χ2n) is 11.9. The zero-order chi connectivity index (χ0) is 36.1. The Morgan fingerprint density at radius 3 is 1.66 bits per heavy atom. The van der Waals surface area contributed by atoms with Crippen molar-refractivity contribution in [2.45, 2.75) is 0 Å². The van der Waals surface area contributed by atoms with Crippen LogP contribution in [-0.4, -0.2) is 0 Å². The van der Waals surface area contributed by atoms with Gasteiger partial charge in [0.25, 0.3) is 0 Å². The molecule has 1 nitrogen and oxygen atoms in total. The van der Waals surface area contributed by atoms with Crippen molar-refractivity contribution in [2.24, 2.45) is 0 Å². The number of benzene rings is 9. The van der Waals surface area contributed by atoms with Crippen LogP contribution in [0.2, 0.25) is 0 Å². The Morgan fingerprint density at radius 2 is 0.957 bits per heavy atom. The quantitative estimate of drug-likeness (QED) is 0.183. The summed E-state index contributed by atoms with van der Waals surface area (Å²) in [6.07, 6.45) is 0. The summed E-state index contributed by atoms with van der Waals surface area (Å²) in [5, 5.41) is 7.70. The molecule has 218 valence electrons. The largest absolute Gasteiger partial charge is 0.456 e. The van der Waals surface area contributed by atoms with Gasteiger partial charge in [0.05, 0.1) is 8.22 Å². The van der Waals surface area contributed by atoms with Gasteiger partial charge in [0.1, 0.15) is 11.2 Å². The van der Waals surface area contributed by atoms with E-state index in [1.807, 2.05) is 66.7 Å². The molecule has 0 spiro atoms. The zero-order valence-corrected chi connectivity index (χ0v) is 25.1. The molecular weight excluding hydrogens is 569 g/mol. The highest BCUT2D eigenvalue weighted by Gasteiger charge is 2.20. The lowest BCUT2D eigenvalue weighted by atomic mass is 9.84. The number of fused-ring (bicyclic) bond motifs is 7. The molecular formula is C46H28O. The second kappa shape index (κ2) is 10.2. The summed E-state index contributed by atoms with van der Waals surface area (Å²) >= 11 is 0. The SMILES string of the molecule is [2H]c1c(-c2c3ccccc3c(-c3cccc4oc5cc6ccccc6cc5c34)c3ccccc23)c([2H])c2c([2H])c([2H])c(-c3ccccc3)c([2H])c2c1[2H]. The Labute approximate surface area is 280 Å². The average molecular weight is 603 g/mol. The van der Waals surface area contributed by atoms with Crippen molar-refractivity contribution >= 4 is 65.0 Å². The van der Waals surface area contributed by atoms with Crippen molar-refractivity contribution in [1.82, 2.24) is 0 Å². The van der Waals surface area contributed by atoms with Gasteiger partial charge in [-0.3, -0.25) is 0 Å². The van der Waals surface area contributed by atoms with Crippen LogP contribution in [0.25, 0.3) is 98.4 Å². The average Bonchev–Trinajstić information content (AvgIpc) is 3.55. The highest BCUT2D eigenvalue weighted by molar-refractivity contribution is 6.26. The van der Waals surface area contributed by atoms with Crippen LogP contribution >= 0.6 is 0 Å². The molecule has 0 saturated heterocycles. The molecule has 0 radical (unpaired) electrons. The lowest BCUT2D eigenvalue weighted by molar-refractivity contribution is 0.669. The fourth-order valence-electron chi connectivity index (χ4n) is 7.16. The van der Waals surface area contributed by atoms with Crippen LogP contribution in [0.15, 0.2) is 174 Å². The summed E-state index contributed by atoms with van der Waals surface area (Å²) in [6, 6.07) is 42.5. The normalized spacial score (nSPS) is 13.6. The van der Waals surface area contributed by atoms with Gasteiger partial charge in [0.2, 0.25) is 0 Å². The summed E-state index contributed by atoms with van der Waals surface area (Å²) in [6.45, 7) is 0. The van der Waals surface area contributed by atoms with Gasteiger partial charge >= 0.3 is 0 Å². The molecule has 0 aliphatic heterocycles. The molecule has 0 aliphatic carbocycles. The summed E-state index contributed by atoms with van der Waals surface area (Å²) in [4.78, 5) is 0. The topological polar surface area (TPSA) is 13.1 Å². The molecule has 0 atom stereocenters. The first-order chi connectivity index (χ1) is 25.8. The van der Waals surface area contributed by atoms with E-state index in [2.05, 4.69) is 42.5 Å². The van der Waals surface area contributed by atoms with Crippen molar-refractivity contribution in [2.75, 3.05) is 0 Å². The van der Waals surface area contributed by atoms with Gasteiger partial charge in [-0.15, -0.1) is 0 Å². The van der Waals surface area contributed by atoms with Crippen LogP contribution in [0, 0.1) is 0 Å². The predicted octanol–water partition coefficient (Wildman–Crippen LogP) is 13.2. The molecule has 9 aromatic carbocycles. The molecule has 0 aliphatic rings. The Kier molecular flexibility index (Phi) is 4.49. The Balaban J connectivity index is 1.33. The maximum Gasteiger partial charge on any atom is 0.136 e. The van der Waals surface area contributed by atoms with Crippen LogP contribution in [0.4, 0.5) is 0 Å². The number of hydrogen-bond acceptors (Lipinski definition) is 1. The lowest BCUT2D eigenvalue weighted by Gasteiger charge is -2.18. The third kappa shape index (κ3) is 4.03. The van der Waals surface area contributed by atoms with E-state index in [4.69, 9.17) is 8.53 Å². The standard InChI is InChI=1S/C46H28O/c1-2-11-29(12-3-1)32-21-22-34-26-35(24-23-33(34)25-32)44-36-15-6-8-17-38(36)45(39-18-9-7-16-37(39)44)40-19-10-20-42-46(40)41-27-30-13-4-5-14-31(30)28-43(41)47-42/h1-28H/i21D,22D,23D,24D,25D,26D. The van der Waals surface area contributed by atoms with Crippen LogP contribution in [0.3, 0.4) is 0 Å². The van der Waals surface area contributed by atoms with Gasteiger partial charge in [-0.05, 0) is 107 Å². The minimum absolute atomic E-state index is 0.0368. The van der Waals surface area contributed by atoms with Crippen LogP contribution in [0.1, 0.15) is 8.22 Å². The molecule has 1 heteroatoms. The van der Waals surface area contributed by atoms with Gasteiger partial charge in [-0.25, -0.2) is 0 Å². The number of furan rings is 1. The van der Waals surface area contributed by atoms with Gasteiger partial charge in [0, 0.05) is 10.8 Å². The van der Waals surface area contributed by atoms with Crippen molar-refractivity contribution < 1.29 is 12.6 Å².